The van der Waals surface area contributed by atoms with Crippen molar-refractivity contribution in [2.24, 2.45) is 0 Å². The van der Waals surface area contributed by atoms with E-state index in [0.717, 1.165) is 56.0 Å². The largest absolute Gasteiger partial charge is 0.502 e. The molecule has 1 amide bonds. The van der Waals surface area contributed by atoms with Gasteiger partial charge in [-0.25, -0.2) is 9.37 Å². The van der Waals surface area contributed by atoms with Gasteiger partial charge in [-0.05, 0) is 48.2 Å². The van der Waals surface area contributed by atoms with Gasteiger partial charge in [0.2, 0.25) is 5.75 Å². The fourth-order valence-electron chi connectivity index (χ4n) is 4.27. The van der Waals surface area contributed by atoms with Gasteiger partial charge >= 0.3 is 0 Å². The average molecular weight is 519 g/mol. The number of halogens is 1. The Labute approximate surface area is 220 Å². The van der Waals surface area contributed by atoms with Crippen LogP contribution in [0.15, 0.2) is 59.7 Å². The van der Waals surface area contributed by atoms with E-state index in [2.05, 4.69) is 44.2 Å². The van der Waals surface area contributed by atoms with Gasteiger partial charge in [0, 0.05) is 43.2 Å². The molecule has 1 aromatic heterocycles. The Balaban J connectivity index is 1.37. The molecule has 198 valence electrons. The number of ether oxygens (including phenoxy) is 1. The molecule has 1 saturated heterocycles. The van der Waals surface area contributed by atoms with Gasteiger partial charge in [-0.1, -0.05) is 36.1 Å². The molecule has 0 saturated carbocycles. The van der Waals surface area contributed by atoms with Gasteiger partial charge in [0.05, 0.1) is 25.2 Å². The number of nitrogens with one attached hydrogen (secondary N) is 2. The van der Waals surface area contributed by atoms with Crippen LogP contribution in [0.3, 0.4) is 0 Å². The Kier molecular flexibility index (Phi) is 9.62. The predicted octanol–water partition coefficient (Wildman–Crippen LogP) is 2.16. The number of aromatic amines is 1. The third kappa shape index (κ3) is 7.75. The smallest absolute Gasteiger partial charge is 0.293 e. The number of rotatable bonds is 9. The third-order valence-corrected chi connectivity index (χ3v) is 6.47. The van der Waals surface area contributed by atoms with E-state index in [-0.39, 0.29) is 12.2 Å². The first-order valence-electron chi connectivity index (χ1n) is 12.6. The fraction of sp³-hybridized carbons (Fsp3) is 0.345. The molecule has 0 aliphatic carbocycles. The van der Waals surface area contributed by atoms with Crippen LogP contribution in [0.2, 0.25) is 0 Å². The minimum atomic E-state index is -1.15. The molecule has 1 aliphatic rings. The number of morpholine rings is 1. The number of hydrogen-bond donors (Lipinski definition) is 3. The zero-order valence-electron chi connectivity index (χ0n) is 21.1. The van der Waals surface area contributed by atoms with Crippen LogP contribution >= 0.6 is 0 Å². The molecule has 2 heterocycles. The van der Waals surface area contributed by atoms with Gasteiger partial charge < -0.3 is 20.1 Å². The number of alkyl halides is 1. The molecule has 2 aromatic carbocycles. The lowest BCUT2D eigenvalue weighted by atomic mass is 9.94. The van der Waals surface area contributed by atoms with E-state index in [1.807, 2.05) is 36.4 Å². The maximum absolute atomic E-state index is 12.6. The molecule has 3 N–H and O–H groups in total. The highest BCUT2D eigenvalue weighted by molar-refractivity contribution is 5.77. The summed E-state index contributed by atoms with van der Waals surface area (Å²) in [4.78, 5) is 32.1. The first-order chi connectivity index (χ1) is 18.5. The summed E-state index contributed by atoms with van der Waals surface area (Å²) in [5.74, 6) is 4.56. The molecule has 0 radical (unpaired) electrons. The second-order valence-corrected chi connectivity index (χ2v) is 9.15. The summed E-state index contributed by atoms with van der Waals surface area (Å²) in [6.07, 6.45) is 2.56. The Morgan fingerprint density at radius 1 is 1.08 bits per heavy atom. The first kappa shape index (κ1) is 27.0. The van der Waals surface area contributed by atoms with Crippen molar-refractivity contribution in [1.29, 1.82) is 0 Å². The fourth-order valence-corrected chi connectivity index (χ4v) is 4.27. The minimum absolute atomic E-state index is 0.0246. The number of aromatic hydroxyl groups is 1. The molecular formula is C29H31FN4O4. The first-order valence-corrected chi connectivity index (χ1v) is 12.6. The number of carbonyl (C=O) groups is 1. The van der Waals surface area contributed by atoms with E-state index >= 15 is 0 Å². The van der Waals surface area contributed by atoms with Crippen LogP contribution in [-0.4, -0.2) is 71.9 Å². The molecule has 3 aromatic rings. The van der Waals surface area contributed by atoms with E-state index < -0.39 is 29.8 Å². The van der Waals surface area contributed by atoms with Crippen molar-refractivity contribution in [1.82, 2.24) is 20.2 Å². The van der Waals surface area contributed by atoms with Crippen molar-refractivity contribution in [3.8, 4) is 17.6 Å². The number of nitrogens with zero attached hydrogens (tertiary/aromatic N) is 2. The van der Waals surface area contributed by atoms with Gasteiger partial charge in [-0.2, -0.15) is 0 Å². The summed E-state index contributed by atoms with van der Waals surface area (Å²) in [5, 5.41) is 12.6. The van der Waals surface area contributed by atoms with Crippen molar-refractivity contribution >= 4 is 5.91 Å². The lowest BCUT2D eigenvalue weighted by Gasteiger charge is -2.26. The topological polar surface area (TPSA) is 108 Å². The van der Waals surface area contributed by atoms with Crippen LogP contribution in [0.25, 0.3) is 0 Å². The number of benzene rings is 2. The molecule has 1 fully saturated rings. The summed E-state index contributed by atoms with van der Waals surface area (Å²) in [7, 11) is 0. The number of hydrogen-bond acceptors (Lipinski definition) is 6. The lowest BCUT2D eigenvalue weighted by molar-refractivity contribution is -0.122. The minimum Gasteiger partial charge on any atom is -0.502 e. The Morgan fingerprint density at radius 3 is 2.34 bits per heavy atom. The van der Waals surface area contributed by atoms with Crippen LogP contribution in [-0.2, 0) is 22.4 Å². The van der Waals surface area contributed by atoms with E-state index in [0.29, 0.717) is 6.42 Å². The van der Waals surface area contributed by atoms with Crippen LogP contribution in [0.4, 0.5) is 4.39 Å². The molecule has 8 nitrogen and oxygen atoms in total. The van der Waals surface area contributed by atoms with Crippen molar-refractivity contribution in [2.45, 2.75) is 18.8 Å². The van der Waals surface area contributed by atoms with E-state index in [9.17, 15) is 19.1 Å². The molecular weight excluding hydrogens is 487 g/mol. The molecule has 1 aliphatic heterocycles. The number of H-pyrrole nitrogens is 1. The Bertz CT molecular complexity index is 1320. The molecule has 4 rings (SSSR count). The van der Waals surface area contributed by atoms with Gasteiger partial charge in [0.1, 0.15) is 0 Å². The van der Waals surface area contributed by atoms with Crippen molar-refractivity contribution in [2.75, 3.05) is 46.1 Å². The van der Waals surface area contributed by atoms with Crippen molar-refractivity contribution in [3.63, 3.8) is 0 Å². The monoisotopic (exact) mass is 518 g/mol. The van der Waals surface area contributed by atoms with Crippen LogP contribution in [0.5, 0.6) is 5.75 Å². The van der Waals surface area contributed by atoms with Crippen molar-refractivity contribution in [3.05, 3.63) is 93.2 Å². The summed E-state index contributed by atoms with van der Waals surface area (Å²) < 4.78 is 18.0. The van der Waals surface area contributed by atoms with Gasteiger partial charge in [0.15, 0.2) is 6.67 Å². The highest BCUT2D eigenvalue weighted by Crippen LogP contribution is 2.23. The van der Waals surface area contributed by atoms with E-state index in [1.54, 1.807) is 0 Å². The maximum Gasteiger partial charge on any atom is 0.293 e. The highest BCUT2D eigenvalue weighted by Gasteiger charge is 2.20. The molecule has 1 atom stereocenters. The van der Waals surface area contributed by atoms with Crippen LogP contribution in [0, 0.1) is 11.8 Å². The van der Waals surface area contributed by atoms with Gasteiger partial charge in [0.25, 0.3) is 11.5 Å². The zero-order valence-corrected chi connectivity index (χ0v) is 21.1. The molecule has 1 unspecified atom stereocenters. The summed E-state index contributed by atoms with van der Waals surface area (Å²) in [5.41, 5.74) is 3.41. The van der Waals surface area contributed by atoms with Gasteiger partial charge in [-0.3, -0.25) is 14.5 Å². The quantitative estimate of drug-likeness (QED) is 0.375. The normalized spacial score (nSPS) is 14.3. The summed E-state index contributed by atoms with van der Waals surface area (Å²) in [6.45, 7) is 3.50. The average Bonchev–Trinajstić information content (AvgIpc) is 2.96. The molecule has 0 bridgehead atoms. The Hall–Kier alpha value is -4.00. The highest BCUT2D eigenvalue weighted by atomic mass is 19.1. The second kappa shape index (κ2) is 13.5. The SMILES string of the molecule is O=C(CF)NCC(Cc1ccc(C#Cc2ccc(CCN3CCOCC3)cc2)cc1)c1nc[nH]c(=O)c1O. The predicted molar refractivity (Wildman–Crippen MR) is 142 cm³/mol. The van der Waals surface area contributed by atoms with Crippen LogP contribution in [0.1, 0.15) is 33.9 Å². The summed E-state index contributed by atoms with van der Waals surface area (Å²) in [6, 6.07) is 15.9. The number of aromatic nitrogens is 2. The molecule has 0 spiro atoms. The maximum atomic E-state index is 12.6. The second-order valence-electron chi connectivity index (χ2n) is 9.15. The van der Waals surface area contributed by atoms with Crippen molar-refractivity contribution < 1.29 is 19.0 Å². The molecule has 9 heteroatoms. The zero-order chi connectivity index (χ0) is 26.7. The number of carbonyl (C=O) groups excluding carboxylic acids is 1. The summed E-state index contributed by atoms with van der Waals surface area (Å²) >= 11 is 0. The van der Waals surface area contributed by atoms with Gasteiger partial charge in [-0.15, -0.1) is 0 Å². The Morgan fingerprint density at radius 2 is 1.71 bits per heavy atom. The number of amides is 1. The van der Waals surface area contributed by atoms with E-state index in [4.69, 9.17) is 4.74 Å². The standard InChI is InChI=1S/C29H31FN4O4/c30-18-26(35)31-19-25(27-28(36)29(37)33-20-32-27)17-24-9-7-22(8-10-24)2-1-21-3-5-23(6-4-21)11-12-34-13-15-38-16-14-34/h3-10,20,25,36H,11-19H2,(H,31,35)(H,32,33,37). The van der Waals surface area contributed by atoms with E-state index in [1.165, 1.54) is 11.9 Å². The third-order valence-electron chi connectivity index (χ3n) is 6.47. The van der Waals surface area contributed by atoms with Crippen LogP contribution < -0.4 is 10.9 Å². The lowest BCUT2D eigenvalue weighted by Crippen LogP contribution is -2.37. The molecule has 38 heavy (non-hydrogen) atoms.